The number of carbonyl (C=O) groups excluding carboxylic acids is 1. The Morgan fingerprint density at radius 3 is 2.64 bits per heavy atom. The van der Waals surface area contributed by atoms with Gasteiger partial charge in [0.25, 0.3) is 10.0 Å². The number of aryl methyl sites for hydroxylation is 2. The number of aromatic nitrogens is 2. The molecule has 1 aliphatic rings. The highest BCUT2D eigenvalue weighted by Crippen LogP contribution is 2.24. The van der Waals surface area contributed by atoms with E-state index in [-0.39, 0.29) is 23.3 Å². The fraction of sp³-hybridized carbons (Fsp3) is 0.444. The molecule has 1 aromatic heterocycles. The molecule has 0 unspecified atom stereocenters. The van der Waals surface area contributed by atoms with Crippen LogP contribution in [0.15, 0.2) is 41.6 Å². The number of nitrogens with zero attached hydrogens (tertiary/aromatic N) is 3. The Labute approximate surface area is 148 Å². The third kappa shape index (κ3) is 3.82. The Kier molecular flexibility index (Phi) is 5.06. The van der Waals surface area contributed by atoms with E-state index in [0.717, 1.165) is 12.0 Å². The molecule has 0 radical (unpaired) electrons. The molecular formula is C18H23N3O3S. The third-order valence-electron chi connectivity index (χ3n) is 4.75. The second-order valence-electron chi connectivity index (χ2n) is 6.57. The van der Waals surface area contributed by atoms with Crippen LogP contribution in [0.2, 0.25) is 0 Å². The normalized spacial score (nSPS) is 19.0. The number of hydrogen-bond donors (Lipinski definition) is 0. The first-order valence-corrected chi connectivity index (χ1v) is 9.88. The zero-order chi connectivity index (χ0) is 18.0. The average Bonchev–Trinajstić information content (AvgIpc) is 2.96. The van der Waals surface area contributed by atoms with Crippen molar-refractivity contribution in [2.75, 3.05) is 13.1 Å². The van der Waals surface area contributed by atoms with E-state index in [1.165, 1.54) is 10.5 Å². The van der Waals surface area contributed by atoms with Gasteiger partial charge in [0.05, 0.1) is 0 Å². The molecule has 6 nitrogen and oxygen atoms in total. The minimum Gasteiger partial charge on any atom is -0.337 e. The van der Waals surface area contributed by atoms with Crippen molar-refractivity contribution in [3.8, 4) is 0 Å². The maximum absolute atomic E-state index is 12.8. The summed E-state index contributed by atoms with van der Waals surface area (Å²) >= 11 is 0. The van der Waals surface area contributed by atoms with E-state index < -0.39 is 10.0 Å². The van der Waals surface area contributed by atoms with Crippen LogP contribution in [0.3, 0.4) is 0 Å². The molecule has 1 aliphatic heterocycles. The van der Waals surface area contributed by atoms with Crippen LogP contribution in [-0.2, 0) is 28.3 Å². The van der Waals surface area contributed by atoms with Crippen LogP contribution in [-0.4, -0.2) is 41.1 Å². The zero-order valence-electron chi connectivity index (χ0n) is 14.6. The summed E-state index contributed by atoms with van der Waals surface area (Å²) in [5, 5.41) is 0.0589. The average molecular weight is 361 g/mol. The minimum atomic E-state index is -3.65. The summed E-state index contributed by atoms with van der Waals surface area (Å²) in [6.07, 6.45) is 3.30. The summed E-state index contributed by atoms with van der Waals surface area (Å²) in [5.41, 5.74) is 0.966. The van der Waals surface area contributed by atoms with Crippen molar-refractivity contribution in [2.24, 2.45) is 13.0 Å². The topological polar surface area (TPSA) is 72.3 Å². The van der Waals surface area contributed by atoms with Gasteiger partial charge >= 0.3 is 0 Å². The molecule has 25 heavy (non-hydrogen) atoms. The quantitative estimate of drug-likeness (QED) is 0.816. The van der Waals surface area contributed by atoms with Crippen molar-refractivity contribution in [3.05, 3.63) is 47.9 Å². The molecule has 0 saturated carbocycles. The van der Waals surface area contributed by atoms with Gasteiger partial charge < -0.3 is 4.57 Å². The first-order chi connectivity index (χ1) is 11.9. The number of rotatable bonds is 5. The Bertz CT molecular complexity index is 839. The van der Waals surface area contributed by atoms with Gasteiger partial charge in [-0.25, -0.2) is 13.4 Å². The number of benzene rings is 1. The largest absolute Gasteiger partial charge is 0.337 e. The molecule has 7 heteroatoms. The summed E-state index contributed by atoms with van der Waals surface area (Å²) in [4.78, 5) is 16.7. The van der Waals surface area contributed by atoms with E-state index in [1.807, 2.05) is 30.3 Å². The van der Waals surface area contributed by atoms with Gasteiger partial charge in [0, 0.05) is 38.7 Å². The molecule has 2 heterocycles. The van der Waals surface area contributed by atoms with Crippen LogP contribution < -0.4 is 0 Å². The highest BCUT2D eigenvalue weighted by Gasteiger charge is 2.34. The summed E-state index contributed by atoms with van der Waals surface area (Å²) < 4.78 is 28.7. The summed E-state index contributed by atoms with van der Waals surface area (Å²) in [7, 11) is -1.89. The lowest BCUT2D eigenvalue weighted by Gasteiger charge is -2.30. The van der Waals surface area contributed by atoms with Gasteiger partial charge in [-0.15, -0.1) is 0 Å². The van der Waals surface area contributed by atoms with Crippen molar-refractivity contribution >= 4 is 15.8 Å². The maximum atomic E-state index is 12.8. The van der Waals surface area contributed by atoms with Gasteiger partial charge in [-0.2, -0.15) is 4.31 Å². The highest BCUT2D eigenvalue weighted by atomic mass is 32.2. The van der Waals surface area contributed by atoms with Crippen LogP contribution in [0.1, 0.15) is 24.2 Å². The van der Waals surface area contributed by atoms with Gasteiger partial charge in [0.2, 0.25) is 0 Å². The highest BCUT2D eigenvalue weighted by molar-refractivity contribution is 7.89. The Morgan fingerprint density at radius 2 is 2.00 bits per heavy atom. The number of hydrogen-bond acceptors (Lipinski definition) is 4. The first kappa shape index (κ1) is 17.8. The molecule has 0 N–H and O–H groups in total. The lowest BCUT2D eigenvalue weighted by atomic mass is 9.91. The number of Topliss-reactive ketones (excluding diaryl/α,β-unsaturated/α-hetero) is 1. The van der Waals surface area contributed by atoms with E-state index in [9.17, 15) is 13.2 Å². The molecule has 1 fully saturated rings. The van der Waals surface area contributed by atoms with Crippen LogP contribution in [0, 0.1) is 12.8 Å². The van der Waals surface area contributed by atoms with Crippen molar-refractivity contribution in [2.45, 2.75) is 31.2 Å². The van der Waals surface area contributed by atoms with E-state index in [0.29, 0.717) is 25.2 Å². The van der Waals surface area contributed by atoms with Crippen molar-refractivity contribution in [3.63, 3.8) is 0 Å². The first-order valence-electron chi connectivity index (χ1n) is 8.44. The second kappa shape index (κ2) is 7.09. The van der Waals surface area contributed by atoms with Gasteiger partial charge in [-0.1, -0.05) is 30.3 Å². The van der Waals surface area contributed by atoms with Crippen LogP contribution in [0.4, 0.5) is 0 Å². The Balaban J connectivity index is 1.73. The Hall–Kier alpha value is -1.99. The van der Waals surface area contributed by atoms with Crippen molar-refractivity contribution in [1.29, 1.82) is 0 Å². The van der Waals surface area contributed by atoms with Crippen LogP contribution >= 0.6 is 0 Å². The molecular weight excluding hydrogens is 338 g/mol. The van der Waals surface area contributed by atoms with Crippen LogP contribution in [0.25, 0.3) is 0 Å². The number of ketones is 1. The monoisotopic (exact) mass is 361 g/mol. The summed E-state index contributed by atoms with van der Waals surface area (Å²) in [5.74, 6) is 0.490. The molecule has 1 saturated heterocycles. The lowest BCUT2D eigenvalue weighted by molar-refractivity contribution is -0.123. The standard InChI is InChI=1S/C18H23N3O3S/c1-14-19-18(13-20(14)2)25(23,24)21-10-6-9-16(12-21)17(22)11-15-7-4-3-5-8-15/h3-5,7-8,13,16H,6,9-12H2,1-2H3/t16-/m0/s1. The summed E-state index contributed by atoms with van der Waals surface area (Å²) in [6.45, 7) is 2.44. The molecule has 1 aromatic carbocycles. The fourth-order valence-corrected chi connectivity index (χ4v) is 4.70. The minimum absolute atomic E-state index is 0.0589. The second-order valence-corrected chi connectivity index (χ2v) is 8.45. The van der Waals surface area contributed by atoms with Crippen LogP contribution in [0.5, 0.6) is 0 Å². The van der Waals surface area contributed by atoms with E-state index in [2.05, 4.69) is 4.98 Å². The van der Waals surface area contributed by atoms with Gasteiger partial charge in [0.1, 0.15) is 11.6 Å². The molecule has 0 amide bonds. The van der Waals surface area contributed by atoms with Gasteiger partial charge in [-0.3, -0.25) is 4.79 Å². The SMILES string of the molecule is Cc1nc(S(=O)(=O)N2CCC[C@H](C(=O)Cc3ccccc3)C2)cn1C. The zero-order valence-corrected chi connectivity index (χ0v) is 15.4. The molecule has 3 rings (SSSR count). The number of piperidine rings is 1. The molecule has 134 valence electrons. The molecule has 2 aromatic rings. The predicted molar refractivity (Wildman–Crippen MR) is 94.6 cm³/mol. The smallest absolute Gasteiger partial charge is 0.262 e. The lowest BCUT2D eigenvalue weighted by Crippen LogP contribution is -2.42. The van der Waals surface area contributed by atoms with Crippen molar-refractivity contribution < 1.29 is 13.2 Å². The maximum Gasteiger partial charge on any atom is 0.262 e. The van der Waals surface area contributed by atoms with E-state index in [4.69, 9.17) is 0 Å². The third-order valence-corrected chi connectivity index (χ3v) is 6.49. The molecule has 1 atom stereocenters. The molecule has 0 aliphatic carbocycles. The predicted octanol–water partition coefficient (Wildman–Crippen LogP) is 1.94. The van der Waals surface area contributed by atoms with E-state index in [1.54, 1.807) is 18.5 Å². The van der Waals surface area contributed by atoms with Gasteiger partial charge in [-0.05, 0) is 25.3 Å². The number of sulfonamides is 1. The summed E-state index contributed by atoms with van der Waals surface area (Å²) in [6, 6.07) is 9.57. The van der Waals surface area contributed by atoms with E-state index >= 15 is 0 Å². The number of carbonyl (C=O) groups is 1. The molecule has 0 bridgehead atoms. The molecule has 0 spiro atoms. The van der Waals surface area contributed by atoms with Crippen molar-refractivity contribution in [1.82, 2.24) is 13.9 Å². The fourth-order valence-electron chi connectivity index (χ4n) is 3.15. The Morgan fingerprint density at radius 1 is 1.28 bits per heavy atom. The van der Waals surface area contributed by atoms with Gasteiger partial charge in [0.15, 0.2) is 5.03 Å². The number of imidazole rings is 1.